The van der Waals surface area contributed by atoms with Gasteiger partial charge in [0.15, 0.2) is 0 Å². The molecule has 0 saturated carbocycles. The van der Waals surface area contributed by atoms with Gasteiger partial charge in [-0.15, -0.1) is 0 Å². The molecule has 0 heterocycles. The van der Waals surface area contributed by atoms with Crippen molar-refractivity contribution in [1.29, 1.82) is 0 Å². The zero-order valence-electron chi connectivity index (χ0n) is 3.58. The summed E-state index contributed by atoms with van der Waals surface area (Å²) in [5.74, 6) is 0. The van der Waals surface area contributed by atoms with Gasteiger partial charge < -0.3 is 37.2 Å². The summed E-state index contributed by atoms with van der Waals surface area (Å²) in [4.78, 5) is 0. The minimum absolute atomic E-state index is 0. The molecule has 0 spiro atoms. The van der Waals surface area contributed by atoms with Gasteiger partial charge in [-0.25, -0.2) is 0 Å². The second kappa shape index (κ2) is 41.9. The number of rotatable bonds is 0. The Morgan fingerprint density at radius 1 is 0.500 bits per heavy atom. The molecule has 0 aromatic carbocycles. The molecule has 6 heteroatoms. The molecule has 0 aliphatic carbocycles. The van der Waals surface area contributed by atoms with E-state index in [4.69, 9.17) is 0 Å². The molecule has 0 N–H and O–H groups in total. The Hall–Kier alpha value is 3.16. The maximum absolute atomic E-state index is 0. The molecule has 6 heavy (non-hydrogen) atoms. The zero-order chi connectivity index (χ0) is 0. The SMILES string of the molecule is [Cl-].[Cl-].[Cl-].[ClH2+].[Na+].[Na+]. The van der Waals surface area contributed by atoms with Gasteiger partial charge in [-0.3, -0.25) is 0 Å². The van der Waals surface area contributed by atoms with Crippen LogP contribution in [0, 0.1) is 12.4 Å². The van der Waals surface area contributed by atoms with Crippen LogP contribution in [0.5, 0.6) is 0 Å². The van der Waals surface area contributed by atoms with Crippen molar-refractivity contribution in [2.24, 2.45) is 0 Å². The third-order valence-electron chi connectivity index (χ3n) is 0. The smallest absolute Gasteiger partial charge is 1.00 e. The fourth-order valence-electron chi connectivity index (χ4n) is 0. The van der Waals surface area contributed by atoms with E-state index in [2.05, 4.69) is 0 Å². The number of hydrogen-bond acceptors (Lipinski definition) is 0. The average molecular weight is 190 g/mol. The first kappa shape index (κ1) is 61.1. The van der Waals surface area contributed by atoms with Crippen LogP contribution in [-0.2, 0) is 0 Å². The van der Waals surface area contributed by atoms with Gasteiger partial charge in [0.25, 0.3) is 0 Å². The maximum atomic E-state index is 0. The van der Waals surface area contributed by atoms with E-state index < -0.39 is 0 Å². The van der Waals surface area contributed by atoms with E-state index in [-0.39, 0.29) is 109 Å². The van der Waals surface area contributed by atoms with Gasteiger partial charge in [-0.1, -0.05) is 0 Å². The monoisotopic (exact) mass is 188 g/mol. The van der Waals surface area contributed by atoms with Crippen LogP contribution in [0.3, 0.4) is 0 Å². The molecule has 0 atom stereocenters. The summed E-state index contributed by atoms with van der Waals surface area (Å²) in [6.45, 7) is 0. The molecular formula is H2Cl4Na2. The Balaban J connectivity index is 0. The first-order valence-corrected chi connectivity index (χ1v) is 0. The van der Waals surface area contributed by atoms with Gasteiger partial charge in [-0.05, 0) is 0 Å². The van der Waals surface area contributed by atoms with Crippen molar-refractivity contribution in [1.82, 2.24) is 0 Å². The van der Waals surface area contributed by atoms with Crippen LogP contribution in [-0.4, -0.2) is 0 Å². The predicted octanol–water partition coefficient (Wildman–Crippen LogP) is -15.5. The van der Waals surface area contributed by atoms with Crippen LogP contribution in [0.1, 0.15) is 0 Å². The second-order valence-corrected chi connectivity index (χ2v) is 0. The van der Waals surface area contributed by atoms with Crippen LogP contribution >= 0.6 is 0 Å². The van der Waals surface area contributed by atoms with E-state index in [1.54, 1.807) is 0 Å². The molecule has 0 radical (unpaired) electrons. The quantitative estimate of drug-likeness (QED) is 0.332. The Labute approximate surface area is 107 Å². The molecule has 0 aromatic heterocycles. The van der Waals surface area contributed by atoms with E-state index in [1.165, 1.54) is 0 Å². The zero-order valence-corrected chi connectivity index (χ0v) is 10.7. The molecule has 0 nitrogen and oxygen atoms in total. The number of halogens is 4. The summed E-state index contributed by atoms with van der Waals surface area (Å²) in [5, 5.41) is 0. The fraction of sp³-hybridized carbons (Fsp3) is 0. The van der Waals surface area contributed by atoms with Gasteiger partial charge >= 0.3 is 59.1 Å². The second-order valence-electron chi connectivity index (χ2n) is 0. The summed E-state index contributed by atoms with van der Waals surface area (Å²) in [6.07, 6.45) is 0. The summed E-state index contributed by atoms with van der Waals surface area (Å²) in [5.41, 5.74) is 0. The van der Waals surface area contributed by atoms with E-state index in [0.29, 0.717) is 0 Å². The molecule has 0 amide bonds. The van der Waals surface area contributed by atoms with Crippen molar-refractivity contribution in [2.45, 2.75) is 0 Å². The van der Waals surface area contributed by atoms with E-state index in [1.807, 2.05) is 0 Å². The van der Waals surface area contributed by atoms with Crippen molar-refractivity contribution in [3.05, 3.63) is 0 Å². The van der Waals surface area contributed by atoms with Crippen molar-refractivity contribution >= 4 is 0 Å². The van der Waals surface area contributed by atoms with Gasteiger partial charge in [0, 0.05) is 0 Å². The Morgan fingerprint density at radius 2 is 0.500 bits per heavy atom. The minimum atomic E-state index is 0. The van der Waals surface area contributed by atoms with Crippen LogP contribution < -0.4 is 96.3 Å². The standard InChI is InChI=1S/ClH2.3ClH.2Na/h1H2;3*1H;;/q+1;;;;2*+1/p-3. The topological polar surface area (TPSA) is 0 Å². The van der Waals surface area contributed by atoms with Gasteiger partial charge in [-0.2, -0.15) is 0 Å². The maximum Gasteiger partial charge on any atom is 1.00 e. The number of hydrogen-bond donors (Lipinski definition) is 0. The average Bonchev–Trinajstić information content (AvgIpc) is 0. The molecule has 0 saturated heterocycles. The summed E-state index contributed by atoms with van der Waals surface area (Å²) < 4.78 is 0. The largest absolute Gasteiger partial charge is 1.00 e. The third-order valence-corrected chi connectivity index (χ3v) is 0. The van der Waals surface area contributed by atoms with Gasteiger partial charge in [0.05, 0.1) is 12.4 Å². The molecule has 0 bridgehead atoms. The van der Waals surface area contributed by atoms with E-state index in [9.17, 15) is 0 Å². The molecule has 0 fully saturated rings. The van der Waals surface area contributed by atoms with Crippen molar-refractivity contribution in [3.63, 3.8) is 0 Å². The van der Waals surface area contributed by atoms with Crippen molar-refractivity contribution < 1.29 is 109 Å². The minimum Gasteiger partial charge on any atom is -1.00 e. The van der Waals surface area contributed by atoms with Crippen molar-refractivity contribution in [2.75, 3.05) is 0 Å². The fourth-order valence-corrected chi connectivity index (χ4v) is 0. The molecule has 0 rings (SSSR count). The van der Waals surface area contributed by atoms with Gasteiger partial charge in [0.1, 0.15) is 0 Å². The van der Waals surface area contributed by atoms with Crippen LogP contribution in [0.25, 0.3) is 0 Å². The Bertz CT molecular complexity index is 5.51. The predicted molar refractivity (Wildman–Crippen MR) is 2.79 cm³/mol. The summed E-state index contributed by atoms with van der Waals surface area (Å²) in [6, 6.07) is 0. The van der Waals surface area contributed by atoms with Crippen LogP contribution in [0.2, 0.25) is 0 Å². The first-order chi connectivity index (χ1) is 0. The first-order valence-electron chi connectivity index (χ1n) is 0. The molecule has 0 unspecified atom stereocenters. The molecule has 32 valence electrons. The van der Waals surface area contributed by atoms with E-state index in [0.717, 1.165) is 0 Å². The molecule has 0 aromatic rings. The van der Waals surface area contributed by atoms with E-state index >= 15 is 0 Å². The third kappa shape index (κ3) is 27.2. The summed E-state index contributed by atoms with van der Waals surface area (Å²) in [7, 11) is 0. The van der Waals surface area contributed by atoms with Crippen LogP contribution in [0.15, 0.2) is 0 Å². The molecule has 0 aliphatic heterocycles. The summed E-state index contributed by atoms with van der Waals surface area (Å²) >= 11 is 0. The Morgan fingerprint density at radius 3 is 0.500 bits per heavy atom. The van der Waals surface area contributed by atoms with Gasteiger partial charge in [0.2, 0.25) is 0 Å². The normalized spacial score (nSPS) is 0. The van der Waals surface area contributed by atoms with Crippen LogP contribution in [0.4, 0.5) is 0 Å². The van der Waals surface area contributed by atoms with Crippen molar-refractivity contribution in [3.8, 4) is 0 Å². The Kier molecular flexibility index (Phi) is 426. The molecular weight excluding hydrogens is 188 g/mol. The molecule has 0 aliphatic rings.